The van der Waals surface area contributed by atoms with Crippen LogP contribution in [0.5, 0.6) is 17.2 Å². The van der Waals surface area contributed by atoms with E-state index in [4.69, 9.17) is 15.0 Å². The fraction of sp³-hybridized carbons (Fsp3) is 0.462. The van der Waals surface area contributed by atoms with E-state index in [0.29, 0.717) is 0 Å². The number of rotatable bonds is 3. The summed E-state index contributed by atoms with van der Waals surface area (Å²) in [5.74, 6) is -1.89. The van der Waals surface area contributed by atoms with Gasteiger partial charge in [0.2, 0.25) is 0 Å². The number of carbonyl (C=O) groups is 1. The first-order valence-corrected chi connectivity index (χ1v) is 5.34. The first kappa shape index (κ1) is 8.37. The highest BCUT2D eigenvalue weighted by atomic mass is 16.5. The molecule has 1 aromatic carbocycles. The quantitative estimate of drug-likeness (QED) is 0.852. The Morgan fingerprint density at radius 3 is 3.06 bits per heavy atom. The zero-order valence-electron chi connectivity index (χ0n) is 14.0. The van der Waals surface area contributed by atoms with E-state index in [9.17, 15) is 15.0 Å². The first-order chi connectivity index (χ1) is 10.1. The minimum absolute atomic E-state index is 0.120. The lowest BCUT2D eigenvalue weighted by Crippen LogP contribution is -2.25. The highest BCUT2D eigenvalue weighted by Crippen LogP contribution is 2.42. The van der Waals surface area contributed by atoms with Crippen molar-refractivity contribution in [1.82, 2.24) is 0 Å². The summed E-state index contributed by atoms with van der Waals surface area (Å²) >= 11 is 0. The average molecular weight is 256 g/mol. The summed E-state index contributed by atoms with van der Waals surface area (Å²) in [6.45, 7) is 0.383. The van der Waals surface area contributed by atoms with Crippen molar-refractivity contribution in [3.8, 4) is 17.2 Å². The lowest BCUT2D eigenvalue weighted by atomic mass is 9.95. The fourth-order valence-electron chi connectivity index (χ4n) is 1.83. The molecule has 0 aliphatic carbocycles. The third-order valence-corrected chi connectivity index (χ3v) is 2.56. The van der Waals surface area contributed by atoms with Crippen LogP contribution in [0.4, 0.5) is 0 Å². The Labute approximate surface area is 111 Å². The zero-order chi connectivity index (χ0) is 16.9. The molecule has 0 fully saturated rings. The standard InChI is InChI=1S/C13H16O5/c1-7-5-10(16)12-11(17-2)6-9(15)8(3-4-14)13(12)18-7/h6-7,14-15H,3-5H2,1-2H3/i3D2,5D2. The molecule has 2 N–H and O–H groups in total. The van der Waals surface area contributed by atoms with Crippen molar-refractivity contribution in [2.24, 2.45) is 0 Å². The highest BCUT2D eigenvalue weighted by molar-refractivity contribution is 6.03. The van der Waals surface area contributed by atoms with Crippen molar-refractivity contribution >= 4 is 5.78 Å². The summed E-state index contributed by atoms with van der Waals surface area (Å²) in [6.07, 6.45) is -5.88. The predicted molar refractivity (Wildman–Crippen MR) is 64.5 cm³/mol. The molecule has 0 radical (unpaired) electrons. The van der Waals surface area contributed by atoms with Crippen LogP contribution in [0.1, 0.15) is 34.7 Å². The third-order valence-electron chi connectivity index (χ3n) is 2.56. The third kappa shape index (κ3) is 2.01. The first-order valence-electron chi connectivity index (χ1n) is 7.34. The van der Waals surface area contributed by atoms with Crippen LogP contribution in [0.15, 0.2) is 6.07 Å². The van der Waals surface area contributed by atoms with E-state index in [1.807, 2.05) is 0 Å². The second-order valence-corrected chi connectivity index (χ2v) is 3.75. The van der Waals surface area contributed by atoms with Gasteiger partial charge in [0.25, 0.3) is 0 Å². The topological polar surface area (TPSA) is 76.0 Å². The molecule has 98 valence electrons. The molecule has 18 heavy (non-hydrogen) atoms. The van der Waals surface area contributed by atoms with E-state index in [-0.39, 0.29) is 17.1 Å². The number of aliphatic hydroxyl groups excluding tert-OH is 1. The van der Waals surface area contributed by atoms with Crippen LogP contribution in [0.2, 0.25) is 0 Å². The molecule has 1 unspecified atom stereocenters. The molecule has 5 nitrogen and oxygen atoms in total. The number of aliphatic hydroxyl groups is 1. The van der Waals surface area contributed by atoms with Gasteiger partial charge in [-0.1, -0.05) is 0 Å². The Kier molecular flexibility index (Phi) is 2.26. The van der Waals surface area contributed by atoms with Gasteiger partial charge in [-0.25, -0.2) is 0 Å². The van der Waals surface area contributed by atoms with Gasteiger partial charge in [0.15, 0.2) is 5.78 Å². The maximum absolute atomic E-state index is 12.4. The van der Waals surface area contributed by atoms with E-state index in [0.717, 1.165) is 6.07 Å². The maximum atomic E-state index is 12.4. The molecule has 1 aliphatic rings. The van der Waals surface area contributed by atoms with Gasteiger partial charge in [0.05, 0.1) is 7.11 Å². The Hall–Kier alpha value is -1.75. The van der Waals surface area contributed by atoms with E-state index in [1.165, 1.54) is 14.0 Å². The van der Waals surface area contributed by atoms with Crippen LogP contribution in [0.3, 0.4) is 0 Å². The second kappa shape index (κ2) is 4.86. The summed E-state index contributed by atoms with van der Waals surface area (Å²) in [6, 6.07) is 1.01. The summed E-state index contributed by atoms with van der Waals surface area (Å²) in [7, 11) is 1.23. The number of carbonyl (C=O) groups excluding carboxylic acids is 1. The number of aromatic hydroxyl groups is 1. The van der Waals surface area contributed by atoms with Crippen molar-refractivity contribution < 1.29 is 30.0 Å². The fourth-order valence-corrected chi connectivity index (χ4v) is 1.83. The van der Waals surface area contributed by atoms with Gasteiger partial charge in [0.1, 0.15) is 28.9 Å². The van der Waals surface area contributed by atoms with Crippen LogP contribution in [0.25, 0.3) is 0 Å². The molecule has 0 amide bonds. The summed E-state index contributed by atoms with van der Waals surface area (Å²) in [5, 5.41) is 19.2. The largest absolute Gasteiger partial charge is 0.507 e. The van der Waals surface area contributed by atoms with Gasteiger partial charge < -0.3 is 19.7 Å². The van der Waals surface area contributed by atoms with Crippen molar-refractivity contribution in [3.63, 3.8) is 0 Å². The lowest BCUT2D eigenvalue weighted by Gasteiger charge is -2.26. The van der Waals surface area contributed by atoms with Crippen LogP contribution >= 0.6 is 0 Å². The lowest BCUT2D eigenvalue weighted by molar-refractivity contribution is 0.0862. The number of hydrogen-bond acceptors (Lipinski definition) is 5. The Morgan fingerprint density at radius 1 is 1.72 bits per heavy atom. The number of ether oxygens (including phenoxy) is 2. The molecule has 0 spiro atoms. The molecule has 0 saturated heterocycles. The molecular weight excluding hydrogens is 236 g/mol. The number of Topliss-reactive ketones (excluding diaryl/α,β-unsaturated/α-hetero) is 1. The van der Waals surface area contributed by atoms with Crippen LogP contribution in [-0.2, 0) is 6.37 Å². The average Bonchev–Trinajstić information content (AvgIpc) is 2.44. The van der Waals surface area contributed by atoms with Gasteiger partial charge in [-0.2, -0.15) is 0 Å². The molecule has 0 aromatic heterocycles. The highest BCUT2D eigenvalue weighted by Gasteiger charge is 2.31. The number of phenols is 1. The number of fused-ring (bicyclic) bond motifs is 1. The molecule has 1 atom stereocenters. The van der Waals surface area contributed by atoms with Crippen molar-refractivity contribution in [2.45, 2.75) is 25.8 Å². The number of hydrogen-bond donors (Lipinski definition) is 2. The summed E-state index contributed by atoms with van der Waals surface area (Å²) < 4.78 is 41.5. The second-order valence-electron chi connectivity index (χ2n) is 3.75. The normalized spacial score (nSPS) is 25.1. The molecule has 0 bridgehead atoms. The minimum atomic E-state index is -2.37. The smallest absolute Gasteiger partial charge is 0.174 e. The van der Waals surface area contributed by atoms with Gasteiger partial charge in [-0.05, 0) is 6.92 Å². The SMILES string of the molecule is [2H]C([2H])(CO)c1c(O)cc(OC)c2c1OC(C)C([2H])([2H])C2=O. The summed E-state index contributed by atoms with van der Waals surface area (Å²) in [5.41, 5.74) is -0.683. The molecule has 1 heterocycles. The van der Waals surface area contributed by atoms with E-state index >= 15 is 0 Å². The van der Waals surface area contributed by atoms with Crippen molar-refractivity contribution in [1.29, 1.82) is 0 Å². The molecular formula is C13H16O5. The number of methoxy groups -OCH3 is 1. The van der Waals surface area contributed by atoms with Crippen molar-refractivity contribution in [2.75, 3.05) is 13.7 Å². The van der Waals surface area contributed by atoms with Crippen LogP contribution < -0.4 is 9.47 Å². The van der Waals surface area contributed by atoms with E-state index < -0.39 is 42.6 Å². The summed E-state index contributed by atoms with van der Waals surface area (Å²) in [4.78, 5) is 12.4. The van der Waals surface area contributed by atoms with E-state index in [1.54, 1.807) is 0 Å². The molecule has 1 aromatic rings. The predicted octanol–water partition coefficient (Wildman–Crippen LogP) is 1.29. The Bertz CT molecular complexity index is 629. The van der Waals surface area contributed by atoms with Gasteiger partial charge >= 0.3 is 0 Å². The van der Waals surface area contributed by atoms with E-state index in [2.05, 4.69) is 0 Å². The molecule has 1 aliphatic heterocycles. The molecule has 2 rings (SSSR count). The zero-order valence-corrected chi connectivity index (χ0v) is 9.98. The van der Waals surface area contributed by atoms with Gasteiger partial charge in [-0.3, -0.25) is 4.79 Å². The maximum Gasteiger partial charge on any atom is 0.174 e. The molecule has 0 saturated carbocycles. The Balaban J connectivity index is 2.84. The number of benzene rings is 1. The minimum Gasteiger partial charge on any atom is -0.507 e. The van der Waals surface area contributed by atoms with Crippen LogP contribution in [0, 0.1) is 0 Å². The van der Waals surface area contributed by atoms with Crippen molar-refractivity contribution in [3.05, 3.63) is 17.2 Å². The van der Waals surface area contributed by atoms with Gasteiger partial charge in [0, 0.05) is 36.5 Å². The number of phenolic OH excluding ortho intramolecular Hbond substituents is 1. The van der Waals surface area contributed by atoms with Gasteiger partial charge in [-0.15, -0.1) is 0 Å². The van der Waals surface area contributed by atoms with Crippen LogP contribution in [-0.4, -0.2) is 35.8 Å². The Morgan fingerprint density at radius 2 is 2.44 bits per heavy atom. The monoisotopic (exact) mass is 256 g/mol. The number of ketones is 1. The molecule has 5 heteroatoms.